The highest BCUT2D eigenvalue weighted by Crippen LogP contribution is 2.40. The second-order valence-electron chi connectivity index (χ2n) is 5.65. The molecule has 0 bridgehead atoms. The highest BCUT2D eigenvalue weighted by atomic mass is 16.5. The first-order valence-corrected chi connectivity index (χ1v) is 7.62. The van der Waals surface area contributed by atoms with Crippen LogP contribution in [-0.4, -0.2) is 7.11 Å². The monoisotopic (exact) mass is 299 g/mol. The second-order valence-corrected chi connectivity index (χ2v) is 5.65. The van der Waals surface area contributed by atoms with Crippen molar-refractivity contribution < 1.29 is 4.74 Å². The summed E-state index contributed by atoms with van der Waals surface area (Å²) in [5, 5.41) is 4.77. The van der Waals surface area contributed by atoms with Gasteiger partial charge in [0, 0.05) is 16.8 Å². The summed E-state index contributed by atoms with van der Waals surface area (Å²) in [5.74, 6) is 0.833. The molecule has 0 radical (unpaired) electrons. The van der Waals surface area contributed by atoms with Crippen LogP contribution in [0.3, 0.4) is 0 Å². The predicted octanol–water partition coefficient (Wildman–Crippen LogP) is 5.25. The van der Waals surface area contributed by atoms with Gasteiger partial charge in [-0.1, -0.05) is 48.5 Å². The minimum atomic E-state index is 0.761. The van der Waals surface area contributed by atoms with Crippen LogP contribution in [0.1, 0.15) is 0 Å². The Hall–Kier alpha value is -3.00. The Kier molecular flexibility index (Phi) is 3.16. The quantitative estimate of drug-likeness (QED) is 0.405. The number of methoxy groups -OCH3 is 1. The molecule has 0 fully saturated rings. The van der Waals surface area contributed by atoms with Crippen molar-refractivity contribution in [1.29, 1.82) is 0 Å². The Labute approximate surface area is 135 Å². The lowest BCUT2D eigenvalue weighted by Gasteiger charge is -2.14. The number of hydrogen-bond acceptors (Lipinski definition) is 2. The minimum Gasteiger partial charge on any atom is -0.496 e. The highest BCUT2D eigenvalue weighted by Gasteiger charge is 2.13. The first-order valence-electron chi connectivity index (χ1n) is 7.62. The summed E-state index contributed by atoms with van der Waals surface area (Å²) in [6, 6.07) is 24.9. The molecule has 0 saturated heterocycles. The van der Waals surface area contributed by atoms with Gasteiger partial charge in [0.15, 0.2) is 0 Å². The van der Waals surface area contributed by atoms with E-state index in [2.05, 4.69) is 48.5 Å². The van der Waals surface area contributed by atoms with Gasteiger partial charge in [0.1, 0.15) is 5.75 Å². The van der Waals surface area contributed by atoms with E-state index >= 15 is 0 Å². The van der Waals surface area contributed by atoms with Gasteiger partial charge in [-0.15, -0.1) is 0 Å². The summed E-state index contributed by atoms with van der Waals surface area (Å²) in [7, 11) is 1.69. The van der Waals surface area contributed by atoms with Gasteiger partial charge in [-0.2, -0.15) is 0 Å². The van der Waals surface area contributed by atoms with E-state index in [1.807, 2.05) is 24.3 Å². The molecule has 4 aromatic rings. The van der Waals surface area contributed by atoms with Crippen molar-refractivity contribution in [2.24, 2.45) is 0 Å². The lowest BCUT2D eigenvalue weighted by Crippen LogP contribution is -1.94. The topological polar surface area (TPSA) is 35.2 Å². The van der Waals surface area contributed by atoms with Crippen molar-refractivity contribution >= 4 is 27.2 Å². The maximum Gasteiger partial charge on any atom is 0.126 e. The van der Waals surface area contributed by atoms with Gasteiger partial charge in [-0.3, -0.25) is 0 Å². The zero-order valence-electron chi connectivity index (χ0n) is 12.9. The van der Waals surface area contributed by atoms with Crippen LogP contribution in [0.2, 0.25) is 0 Å². The normalized spacial score (nSPS) is 11.0. The summed E-state index contributed by atoms with van der Waals surface area (Å²) in [5.41, 5.74) is 9.15. The number of nitrogen functional groups attached to an aromatic ring is 1. The first-order chi connectivity index (χ1) is 11.3. The molecule has 23 heavy (non-hydrogen) atoms. The Morgan fingerprint density at radius 2 is 1.43 bits per heavy atom. The van der Waals surface area contributed by atoms with Gasteiger partial charge in [0.2, 0.25) is 0 Å². The number of para-hydroxylation sites is 1. The lowest BCUT2D eigenvalue weighted by atomic mass is 9.93. The number of ether oxygens (including phenoxy) is 1. The van der Waals surface area contributed by atoms with Gasteiger partial charge in [-0.05, 0) is 45.8 Å². The van der Waals surface area contributed by atoms with Crippen molar-refractivity contribution in [3.63, 3.8) is 0 Å². The Balaban J connectivity index is 2.12. The molecule has 0 aliphatic heterocycles. The van der Waals surface area contributed by atoms with E-state index in [0.717, 1.165) is 28.0 Å². The number of benzene rings is 4. The van der Waals surface area contributed by atoms with Crippen LogP contribution in [0, 0.1) is 0 Å². The van der Waals surface area contributed by atoms with Crippen LogP contribution in [0.4, 0.5) is 5.69 Å². The third-order valence-corrected chi connectivity index (χ3v) is 4.29. The van der Waals surface area contributed by atoms with Gasteiger partial charge in [0.25, 0.3) is 0 Å². The van der Waals surface area contributed by atoms with Gasteiger partial charge in [-0.25, -0.2) is 0 Å². The van der Waals surface area contributed by atoms with Crippen LogP contribution < -0.4 is 10.5 Å². The summed E-state index contributed by atoms with van der Waals surface area (Å²) >= 11 is 0. The molecule has 0 heterocycles. The summed E-state index contributed by atoms with van der Waals surface area (Å²) in [4.78, 5) is 0. The molecule has 4 rings (SSSR count). The average molecular weight is 299 g/mol. The molecule has 0 aliphatic rings. The van der Waals surface area contributed by atoms with Gasteiger partial charge >= 0.3 is 0 Å². The van der Waals surface area contributed by atoms with Crippen molar-refractivity contribution in [2.45, 2.75) is 0 Å². The number of nitrogens with two attached hydrogens (primary N) is 1. The van der Waals surface area contributed by atoms with Gasteiger partial charge < -0.3 is 10.5 Å². The Morgan fingerprint density at radius 1 is 0.739 bits per heavy atom. The molecule has 0 atom stereocenters. The molecule has 112 valence electrons. The largest absolute Gasteiger partial charge is 0.496 e. The molecule has 4 aromatic carbocycles. The highest BCUT2D eigenvalue weighted by molar-refractivity contribution is 6.08. The fourth-order valence-electron chi connectivity index (χ4n) is 3.18. The fourth-order valence-corrected chi connectivity index (χ4v) is 3.18. The zero-order valence-corrected chi connectivity index (χ0v) is 12.9. The van der Waals surface area contributed by atoms with Crippen LogP contribution in [0.15, 0.2) is 72.8 Å². The number of anilines is 1. The molecule has 0 unspecified atom stereocenters. The van der Waals surface area contributed by atoms with Crippen molar-refractivity contribution in [2.75, 3.05) is 12.8 Å². The van der Waals surface area contributed by atoms with E-state index in [-0.39, 0.29) is 0 Å². The lowest BCUT2D eigenvalue weighted by molar-refractivity contribution is 0.416. The molecule has 0 aliphatic carbocycles. The molecule has 2 N–H and O–H groups in total. The SMILES string of the molecule is COc1ccccc1-c1c(N)ccc2cc3ccccc3cc12. The average Bonchev–Trinajstić information content (AvgIpc) is 2.60. The van der Waals surface area contributed by atoms with E-state index in [9.17, 15) is 0 Å². The maximum atomic E-state index is 6.33. The predicted molar refractivity (Wildman–Crippen MR) is 97.9 cm³/mol. The van der Waals surface area contributed by atoms with Crippen LogP contribution in [0.5, 0.6) is 5.75 Å². The molecular formula is C21H17NO. The van der Waals surface area contributed by atoms with Crippen molar-refractivity contribution in [3.05, 3.63) is 72.8 Å². The number of hydrogen-bond donors (Lipinski definition) is 1. The first kappa shape index (κ1) is 13.6. The van der Waals surface area contributed by atoms with E-state index in [4.69, 9.17) is 10.5 Å². The van der Waals surface area contributed by atoms with E-state index in [0.29, 0.717) is 0 Å². The molecule has 2 heteroatoms. The molecule has 0 amide bonds. The van der Waals surface area contributed by atoms with Gasteiger partial charge in [0.05, 0.1) is 7.11 Å². The van der Waals surface area contributed by atoms with E-state index in [1.54, 1.807) is 7.11 Å². The molecule has 0 saturated carbocycles. The van der Waals surface area contributed by atoms with Crippen LogP contribution in [-0.2, 0) is 0 Å². The minimum absolute atomic E-state index is 0.761. The van der Waals surface area contributed by atoms with Crippen LogP contribution in [0.25, 0.3) is 32.7 Å². The zero-order chi connectivity index (χ0) is 15.8. The van der Waals surface area contributed by atoms with E-state index in [1.165, 1.54) is 16.2 Å². The Morgan fingerprint density at radius 3 is 2.22 bits per heavy atom. The number of fused-ring (bicyclic) bond motifs is 2. The Bertz CT molecular complexity index is 1020. The molecule has 2 nitrogen and oxygen atoms in total. The fraction of sp³-hybridized carbons (Fsp3) is 0.0476. The second kappa shape index (κ2) is 5.33. The van der Waals surface area contributed by atoms with Crippen LogP contribution >= 0.6 is 0 Å². The summed E-state index contributed by atoms with van der Waals surface area (Å²) in [6.45, 7) is 0. The standard InChI is InChI=1S/C21H17NO/c1-23-20-9-5-4-8-17(20)21-18-13-15-7-3-2-6-14(15)12-16(18)10-11-19(21)22/h2-13H,22H2,1H3. The maximum absolute atomic E-state index is 6.33. The molecule has 0 aromatic heterocycles. The molecular weight excluding hydrogens is 282 g/mol. The van der Waals surface area contributed by atoms with Crippen molar-refractivity contribution in [1.82, 2.24) is 0 Å². The smallest absolute Gasteiger partial charge is 0.126 e. The number of rotatable bonds is 2. The summed E-state index contributed by atoms with van der Waals surface area (Å²) < 4.78 is 5.54. The van der Waals surface area contributed by atoms with E-state index < -0.39 is 0 Å². The van der Waals surface area contributed by atoms with Crippen molar-refractivity contribution in [3.8, 4) is 16.9 Å². The third-order valence-electron chi connectivity index (χ3n) is 4.29. The summed E-state index contributed by atoms with van der Waals surface area (Å²) in [6.07, 6.45) is 0. The molecule has 0 spiro atoms. The third kappa shape index (κ3) is 2.20.